The lowest BCUT2D eigenvalue weighted by molar-refractivity contribution is 0.0572. The molecule has 2 rings (SSSR count). The van der Waals surface area contributed by atoms with Crippen LogP contribution in [0.3, 0.4) is 0 Å². The molecule has 1 N–H and O–H groups in total. The van der Waals surface area contributed by atoms with Gasteiger partial charge in [0.1, 0.15) is 24.3 Å². The van der Waals surface area contributed by atoms with Gasteiger partial charge in [0.05, 0.1) is 6.54 Å². The SMILES string of the molecule is Cc1cc(C(C)(C)C)ccc1OCC(O)CN(C)Cc1nccn1C(F)F. The number of halogens is 2. The van der Waals surface area contributed by atoms with Crippen molar-refractivity contribution in [2.75, 3.05) is 20.2 Å². The molecule has 0 aliphatic heterocycles. The van der Waals surface area contributed by atoms with Crippen LogP contribution in [-0.2, 0) is 12.0 Å². The van der Waals surface area contributed by atoms with Gasteiger partial charge in [0.25, 0.3) is 0 Å². The normalized spacial score (nSPS) is 13.4. The van der Waals surface area contributed by atoms with E-state index in [0.717, 1.165) is 15.9 Å². The zero-order chi connectivity index (χ0) is 20.2. The van der Waals surface area contributed by atoms with E-state index in [0.29, 0.717) is 0 Å². The van der Waals surface area contributed by atoms with Crippen LogP contribution in [-0.4, -0.2) is 45.9 Å². The number of rotatable bonds is 8. The number of aromatic nitrogens is 2. The average Bonchev–Trinajstić information content (AvgIpc) is 3.00. The number of ether oxygens (including phenoxy) is 1. The number of alkyl halides is 2. The third-order valence-electron chi connectivity index (χ3n) is 4.37. The molecule has 0 radical (unpaired) electrons. The largest absolute Gasteiger partial charge is 0.491 e. The minimum atomic E-state index is -2.62. The van der Waals surface area contributed by atoms with E-state index in [2.05, 4.69) is 31.8 Å². The van der Waals surface area contributed by atoms with Gasteiger partial charge in [0.2, 0.25) is 0 Å². The topological polar surface area (TPSA) is 50.5 Å². The van der Waals surface area contributed by atoms with E-state index in [1.807, 2.05) is 19.1 Å². The lowest BCUT2D eigenvalue weighted by atomic mass is 9.86. The summed E-state index contributed by atoms with van der Waals surface area (Å²) >= 11 is 0. The monoisotopic (exact) mass is 381 g/mol. The fourth-order valence-corrected chi connectivity index (χ4v) is 2.83. The van der Waals surface area contributed by atoms with Crippen molar-refractivity contribution in [2.24, 2.45) is 0 Å². The highest BCUT2D eigenvalue weighted by molar-refractivity contribution is 5.38. The number of aliphatic hydroxyl groups is 1. The minimum Gasteiger partial charge on any atom is -0.491 e. The highest BCUT2D eigenvalue weighted by atomic mass is 19.3. The first-order valence-electron chi connectivity index (χ1n) is 8.98. The Hall–Kier alpha value is -1.99. The van der Waals surface area contributed by atoms with Gasteiger partial charge in [-0.05, 0) is 36.6 Å². The van der Waals surface area contributed by atoms with Gasteiger partial charge in [-0.2, -0.15) is 8.78 Å². The van der Waals surface area contributed by atoms with Crippen molar-refractivity contribution in [3.63, 3.8) is 0 Å². The van der Waals surface area contributed by atoms with Crippen molar-refractivity contribution in [3.8, 4) is 5.75 Å². The summed E-state index contributed by atoms with van der Waals surface area (Å²) in [6, 6.07) is 6.05. The van der Waals surface area contributed by atoms with Crippen LogP contribution < -0.4 is 4.74 Å². The molecule has 1 heterocycles. The Labute approximate surface area is 159 Å². The maximum atomic E-state index is 12.9. The summed E-state index contributed by atoms with van der Waals surface area (Å²) in [5.41, 5.74) is 2.30. The van der Waals surface area contributed by atoms with Crippen LogP contribution in [0.5, 0.6) is 5.75 Å². The van der Waals surface area contributed by atoms with Gasteiger partial charge >= 0.3 is 6.55 Å². The molecule has 0 saturated heterocycles. The molecule has 0 aliphatic carbocycles. The molecule has 2 aromatic rings. The quantitative estimate of drug-likeness (QED) is 0.757. The van der Waals surface area contributed by atoms with Gasteiger partial charge in [0, 0.05) is 18.9 Å². The molecule has 0 amide bonds. The van der Waals surface area contributed by atoms with Crippen LogP contribution in [0.2, 0.25) is 0 Å². The number of aryl methyl sites for hydroxylation is 1. The predicted octanol–water partition coefficient (Wildman–Crippen LogP) is 3.76. The molecule has 150 valence electrons. The van der Waals surface area contributed by atoms with Gasteiger partial charge in [-0.1, -0.05) is 32.9 Å². The van der Waals surface area contributed by atoms with Crippen molar-refractivity contribution < 1.29 is 18.6 Å². The van der Waals surface area contributed by atoms with Gasteiger partial charge < -0.3 is 9.84 Å². The molecule has 5 nitrogen and oxygen atoms in total. The summed E-state index contributed by atoms with van der Waals surface area (Å²) in [4.78, 5) is 5.69. The van der Waals surface area contributed by atoms with Gasteiger partial charge in [-0.25, -0.2) is 4.98 Å². The molecular weight excluding hydrogens is 352 g/mol. The zero-order valence-corrected chi connectivity index (χ0v) is 16.6. The maximum absolute atomic E-state index is 12.9. The van der Waals surface area contributed by atoms with Crippen molar-refractivity contribution >= 4 is 0 Å². The molecule has 7 heteroatoms. The molecule has 1 aromatic carbocycles. The van der Waals surface area contributed by atoms with Crippen molar-refractivity contribution in [3.05, 3.63) is 47.5 Å². The van der Waals surface area contributed by atoms with Crippen LogP contribution in [0.15, 0.2) is 30.6 Å². The average molecular weight is 381 g/mol. The van der Waals surface area contributed by atoms with E-state index in [1.54, 1.807) is 11.9 Å². The summed E-state index contributed by atoms with van der Waals surface area (Å²) in [7, 11) is 1.75. The lowest BCUT2D eigenvalue weighted by Crippen LogP contribution is -2.33. The Morgan fingerprint density at radius 1 is 1.30 bits per heavy atom. The van der Waals surface area contributed by atoms with Crippen molar-refractivity contribution in [1.29, 1.82) is 0 Å². The van der Waals surface area contributed by atoms with E-state index < -0.39 is 12.7 Å². The van der Waals surface area contributed by atoms with E-state index in [-0.39, 0.29) is 30.9 Å². The van der Waals surface area contributed by atoms with E-state index in [4.69, 9.17) is 4.74 Å². The zero-order valence-electron chi connectivity index (χ0n) is 16.6. The third kappa shape index (κ3) is 6.01. The van der Waals surface area contributed by atoms with Crippen molar-refractivity contribution in [1.82, 2.24) is 14.5 Å². The van der Waals surface area contributed by atoms with Crippen molar-refractivity contribution in [2.45, 2.75) is 52.3 Å². The smallest absolute Gasteiger partial charge is 0.319 e. The highest BCUT2D eigenvalue weighted by Gasteiger charge is 2.17. The number of likely N-dealkylation sites (N-methyl/N-ethyl adjacent to an activating group) is 1. The van der Waals surface area contributed by atoms with Crippen LogP contribution in [0.1, 0.15) is 44.3 Å². The molecule has 0 saturated carbocycles. The second kappa shape index (κ2) is 8.80. The number of benzene rings is 1. The number of nitrogens with zero attached hydrogens (tertiary/aromatic N) is 3. The van der Waals surface area contributed by atoms with E-state index in [9.17, 15) is 13.9 Å². The van der Waals surface area contributed by atoms with Gasteiger partial charge in [-0.15, -0.1) is 0 Å². The Morgan fingerprint density at radius 3 is 2.59 bits per heavy atom. The fraction of sp³-hybridized carbons (Fsp3) is 0.550. The summed E-state index contributed by atoms with van der Waals surface area (Å²) in [5.74, 6) is 0.993. The lowest BCUT2D eigenvalue weighted by Gasteiger charge is -2.22. The number of hydrogen-bond acceptors (Lipinski definition) is 4. The Bertz CT molecular complexity index is 741. The van der Waals surface area contributed by atoms with Gasteiger partial charge in [-0.3, -0.25) is 9.47 Å². The highest BCUT2D eigenvalue weighted by Crippen LogP contribution is 2.27. The first-order chi connectivity index (χ1) is 12.6. The van der Waals surface area contributed by atoms with Gasteiger partial charge in [0.15, 0.2) is 0 Å². The number of hydrogen-bond donors (Lipinski definition) is 1. The number of aliphatic hydroxyl groups excluding tert-OH is 1. The summed E-state index contributed by atoms with van der Waals surface area (Å²) in [5, 5.41) is 10.2. The molecular formula is C20H29F2N3O2. The first-order valence-corrected chi connectivity index (χ1v) is 8.98. The summed E-state index contributed by atoms with van der Waals surface area (Å²) in [6.07, 6.45) is 1.85. The summed E-state index contributed by atoms with van der Waals surface area (Å²) < 4.78 is 32.3. The molecule has 27 heavy (non-hydrogen) atoms. The van der Waals surface area contributed by atoms with Crippen LogP contribution in [0, 0.1) is 6.92 Å². The molecule has 0 bridgehead atoms. The number of imidazole rings is 1. The maximum Gasteiger partial charge on any atom is 0.319 e. The Morgan fingerprint density at radius 2 is 2.00 bits per heavy atom. The van der Waals surface area contributed by atoms with Crippen LogP contribution in [0.4, 0.5) is 8.78 Å². The molecule has 0 aliphatic rings. The van der Waals surface area contributed by atoms with Crippen LogP contribution in [0.25, 0.3) is 0 Å². The molecule has 0 fully saturated rings. The molecule has 1 unspecified atom stereocenters. The molecule has 0 spiro atoms. The van der Waals surface area contributed by atoms with Crippen LogP contribution >= 0.6 is 0 Å². The fourth-order valence-electron chi connectivity index (χ4n) is 2.83. The van der Waals surface area contributed by atoms with E-state index in [1.165, 1.54) is 18.0 Å². The predicted molar refractivity (Wildman–Crippen MR) is 101 cm³/mol. The first kappa shape index (κ1) is 21.3. The molecule has 1 aromatic heterocycles. The Kier molecular flexibility index (Phi) is 6.95. The van der Waals surface area contributed by atoms with E-state index >= 15 is 0 Å². The second-order valence-corrected chi connectivity index (χ2v) is 7.92. The Balaban J connectivity index is 1.87. The summed E-state index contributed by atoms with van der Waals surface area (Å²) in [6.45, 7) is 6.45. The minimum absolute atomic E-state index is 0.0649. The molecule has 1 atom stereocenters. The standard InChI is InChI=1S/C20H29F2N3O2/c1-14-10-15(20(2,3)4)6-7-17(14)27-13-16(26)11-24(5)12-18-23-8-9-25(18)19(21)22/h6-10,16,19,26H,11-13H2,1-5H3. The second-order valence-electron chi connectivity index (χ2n) is 7.92. The third-order valence-corrected chi connectivity index (χ3v) is 4.37.